The Bertz CT molecular complexity index is 985. The third kappa shape index (κ3) is 4.49. The second-order valence-corrected chi connectivity index (χ2v) is 10.8. The van der Waals surface area contributed by atoms with Crippen LogP contribution in [0.25, 0.3) is 0 Å². The first-order valence-electron chi connectivity index (χ1n) is 9.77. The van der Waals surface area contributed by atoms with Crippen molar-refractivity contribution in [3.8, 4) is 0 Å². The van der Waals surface area contributed by atoms with Gasteiger partial charge in [-0.25, -0.2) is 8.42 Å². The normalized spacial score (nSPS) is 19.1. The summed E-state index contributed by atoms with van der Waals surface area (Å²) < 4.78 is 26.3. The van der Waals surface area contributed by atoms with Crippen LogP contribution in [-0.2, 0) is 26.8 Å². The minimum atomic E-state index is -3.53. The standard InChI is InChI=1S/C22H24BrNO3S/c23-18-8-3-5-16(13-18)14-28(26,27)15-22(25)24(19-11-12-19)21-10-4-7-17-6-1-2-9-20(17)21/h1-3,5-6,8-9,13,19,21H,4,7,10-12,14-15H2. The van der Waals surface area contributed by atoms with Crippen molar-refractivity contribution in [2.45, 2.75) is 49.9 Å². The molecule has 1 unspecified atom stereocenters. The van der Waals surface area contributed by atoms with Gasteiger partial charge in [0, 0.05) is 10.5 Å². The van der Waals surface area contributed by atoms with E-state index in [0.29, 0.717) is 5.56 Å². The van der Waals surface area contributed by atoms with Gasteiger partial charge in [-0.05, 0) is 60.9 Å². The first-order chi connectivity index (χ1) is 13.4. The van der Waals surface area contributed by atoms with E-state index < -0.39 is 15.6 Å². The fourth-order valence-electron chi connectivity index (χ4n) is 4.20. The van der Waals surface area contributed by atoms with E-state index >= 15 is 0 Å². The lowest BCUT2D eigenvalue weighted by Crippen LogP contribution is -2.41. The molecule has 1 atom stereocenters. The highest BCUT2D eigenvalue weighted by Gasteiger charge is 2.40. The first-order valence-corrected chi connectivity index (χ1v) is 12.4. The van der Waals surface area contributed by atoms with E-state index in [2.05, 4.69) is 28.1 Å². The smallest absolute Gasteiger partial charge is 0.238 e. The van der Waals surface area contributed by atoms with Crippen LogP contribution in [0.15, 0.2) is 53.0 Å². The average molecular weight is 462 g/mol. The van der Waals surface area contributed by atoms with Gasteiger partial charge in [0.25, 0.3) is 0 Å². The molecule has 1 amide bonds. The highest BCUT2D eigenvalue weighted by molar-refractivity contribution is 9.10. The van der Waals surface area contributed by atoms with Gasteiger partial charge in [-0.2, -0.15) is 0 Å². The summed E-state index contributed by atoms with van der Waals surface area (Å²) >= 11 is 3.37. The van der Waals surface area contributed by atoms with Crippen molar-refractivity contribution >= 4 is 31.7 Å². The molecule has 1 fully saturated rings. The van der Waals surface area contributed by atoms with Crippen molar-refractivity contribution < 1.29 is 13.2 Å². The fourth-order valence-corrected chi connectivity index (χ4v) is 5.96. The van der Waals surface area contributed by atoms with Gasteiger partial charge in [-0.1, -0.05) is 52.3 Å². The van der Waals surface area contributed by atoms with E-state index in [4.69, 9.17) is 0 Å². The molecular formula is C22H24BrNO3S. The highest BCUT2D eigenvalue weighted by Crippen LogP contribution is 2.41. The number of amides is 1. The second kappa shape index (κ2) is 7.99. The van der Waals surface area contributed by atoms with E-state index in [1.54, 1.807) is 12.1 Å². The van der Waals surface area contributed by atoms with E-state index in [-0.39, 0.29) is 23.7 Å². The number of hydrogen-bond donors (Lipinski definition) is 0. The van der Waals surface area contributed by atoms with Gasteiger partial charge in [-0.15, -0.1) is 0 Å². The molecule has 28 heavy (non-hydrogen) atoms. The zero-order valence-electron chi connectivity index (χ0n) is 15.7. The van der Waals surface area contributed by atoms with Crippen LogP contribution in [0, 0.1) is 0 Å². The third-order valence-corrected chi connectivity index (χ3v) is 7.47. The van der Waals surface area contributed by atoms with Crippen LogP contribution in [0.1, 0.15) is 48.4 Å². The zero-order valence-corrected chi connectivity index (χ0v) is 18.1. The van der Waals surface area contributed by atoms with Crippen LogP contribution in [0.2, 0.25) is 0 Å². The fraction of sp³-hybridized carbons (Fsp3) is 0.409. The summed E-state index contributed by atoms with van der Waals surface area (Å²) in [5.74, 6) is -0.786. The Balaban J connectivity index is 1.54. The largest absolute Gasteiger partial charge is 0.332 e. The molecule has 2 aromatic rings. The molecule has 1 saturated carbocycles. The molecule has 6 heteroatoms. The molecule has 2 aliphatic carbocycles. The Labute approximate surface area is 175 Å². The van der Waals surface area contributed by atoms with Crippen molar-refractivity contribution in [1.82, 2.24) is 4.90 Å². The van der Waals surface area contributed by atoms with Crippen molar-refractivity contribution in [3.05, 3.63) is 69.7 Å². The lowest BCUT2D eigenvalue weighted by atomic mass is 9.86. The van der Waals surface area contributed by atoms with E-state index in [0.717, 1.165) is 36.6 Å². The molecular weight excluding hydrogens is 438 g/mol. The molecule has 4 rings (SSSR count). The Morgan fingerprint density at radius 1 is 1.07 bits per heavy atom. The van der Waals surface area contributed by atoms with Gasteiger partial charge in [0.05, 0.1) is 11.8 Å². The molecule has 4 nitrogen and oxygen atoms in total. The lowest BCUT2D eigenvalue weighted by molar-refractivity contribution is -0.131. The number of fused-ring (bicyclic) bond motifs is 1. The van der Waals surface area contributed by atoms with Crippen molar-refractivity contribution in [2.75, 3.05) is 5.75 Å². The summed E-state index contributed by atoms with van der Waals surface area (Å²) in [6.45, 7) is 0. The molecule has 2 aromatic carbocycles. The second-order valence-electron chi connectivity index (χ2n) is 7.80. The number of carbonyl (C=O) groups excluding carboxylic acids is 1. The molecule has 0 bridgehead atoms. The van der Waals surface area contributed by atoms with Gasteiger partial charge in [-0.3, -0.25) is 4.79 Å². The number of sulfone groups is 1. The van der Waals surface area contributed by atoms with Crippen LogP contribution < -0.4 is 0 Å². The molecule has 0 spiro atoms. The monoisotopic (exact) mass is 461 g/mol. The predicted molar refractivity (Wildman–Crippen MR) is 114 cm³/mol. The summed E-state index contributed by atoms with van der Waals surface area (Å²) in [4.78, 5) is 15.0. The van der Waals surface area contributed by atoms with E-state index in [9.17, 15) is 13.2 Å². The maximum absolute atomic E-state index is 13.1. The van der Waals surface area contributed by atoms with Crippen molar-refractivity contribution in [2.24, 2.45) is 0 Å². The average Bonchev–Trinajstić information content (AvgIpc) is 3.46. The van der Waals surface area contributed by atoms with Gasteiger partial charge in [0.1, 0.15) is 5.75 Å². The summed E-state index contributed by atoms with van der Waals surface area (Å²) in [6, 6.07) is 15.7. The molecule has 0 aromatic heterocycles. The minimum Gasteiger partial charge on any atom is -0.332 e. The van der Waals surface area contributed by atoms with Gasteiger partial charge in [0.2, 0.25) is 5.91 Å². The number of halogens is 1. The maximum Gasteiger partial charge on any atom is 0.238 e. The Kier molecular flexibility index (Phi) is 5.61. The van der Waals surface area contributed by atoms with Crippen molar-refractivity contribution in [1.29, 1.82) is 0 Å². The topological polar surface area (TPSA) is 54.5 Å². The number of hydrogen-bond acceptors (Lipinski definition) is 3. The minimum absolute atomic E-state index is 0.00557. The van der Waals surface area contributed by atoms with E-state index in [1.807, 2.05) is 29.2 Å². The predicted octanol–water partition coefficient (Wildman–Crippen LogP) is 4.43. The summed E-state index contributed by atoms with van der Waals surface area (Å²) in [7, 11) is -3.53. The molecule has 2 aliphatic rings. The molecule has 148 valence electrons. The number of rotatable bonds is 6. The summed E-state index contributed by atoms with van der Waals surface area (Å²) in [5, 5.41) is 0. The number of carbonyl (C=O) groups is 1. The highest BCUT2D eigenvalue weighted by atomic mass is 79.9. The van der Waals surface area contributed by atoms with E-state index in [1.165, 1.54) is 11.1 Å². The van der Waals surface area contributed by atoms with Crippen LogP contribution in [-0.4, -0.2) is 31.0 Å². The molecule has 0 N–H and O–H groups in total. The van der Waals surface area contributed by atoms with Crippen LogP contribution >= 0.6 is 15.9 Å². The molecule has 0 heterocycles. The third-order valence-electron chi connectivity index (χ3n) is 5.52. The lowest BCUT2D eigenvalue weighted by Gasteiger charge is -2.36. The number of aryl methyl sites for hydroxylation is 1. The van der Waals surface area contributed by atoms with Crippen LogP contribution in [0.5, 0.6) is 0 Å². The number of benzene rings is 2. The first kappa shape index (κ1) is 19.6. The molecule has 0 aliphatic heterocycles. The van der Waals surface area contributed by atoms with Gasteiger partial charge in [0.15, 0.2) is 9.84 Å². The van der Waals surface area contributed by atoms with Crippen LogP contribution in [0.4, 0.5) is 0 Å². The van der Waals surface area contributed by atoms with Crippen LogP contribution in [0.3, 0.4) is 0 Å². The molecule has 0 radical (unpaired) electrons. The Morgan fingerprint density at radius 2 is 1.86 bits per heavy atom. The Morgan fingerprint density at radius 3 is 2.61 bits per heavy atom. The van der Waals surface area contributed by atoms with Crippen molar-refractivity contribution in [3.63, 3.8) is 0 Å². The maximum atomic E-state index is 13.1. The zero-order chi connectivity index (χ0) is 19.7. The summed E-state index contributed by atoms with van der Waals surface area (Å²) in [5.41, 5.74) is 3.18. The molecule has 0 saturated heterocycles. The number of nitrogens with zero attached hydrogens (tertiary/aromatic N) is 1. The van der Waals surface area contributed by atoms with Gasteiger partial charge < -0.3 is 4.90 Å². The summed E-state index contributed by atoms with van der Waals surface area (Å²) in [6.07, 6.45) is 4.90. The quantitative estimate of drug-likeness (QED) is 0.638. The Hall–Kier alpha value is -1.66. The SMILES string of the molecule is O=C(CS(=O)(=O)Cc1cccc(Br)c1)N(C1CC1)C1CCCc2ccccc21. The van der Waals surface area contributed by atoms with Gasteiger partial charge >= 0.3 is 0 Å².